The molecule has 0 bridgehead atoms. The average molecular weight is 295 g/mol. The maximum Gasteiger partial charge on any atom is 0.223 e. The maximum atomic E-state index is 13.3. The van der Waals surface area contributed by atoms with Crippen molar-refractivity contribution in [2.24, 2.45) is 0 Å². The van der Waals surface area contributed by atoms with Crippen molar-refractivity contribution < 1.29 is 9.13 Å². The number of rotatable bonds is 3. The molecule has 0 N–H and O–H groups in total. The molecule has 22 heavy (non-hydrogen) atoms. The molecule has 0 radical (unpaired) electrons. The summed E-state index contributed by atoms with van der Waals surface area (Å²) in [7, 11) is 0. The van der Waals surface area contributed by atoms with Crippen LogP contribution in [0, 0.1) is 19.7 Å². The molecule has 0 atom stereocenters. The number of aromatic nitrogens is 3. The molecular formula is C17H14FN3O. The summed E-state index contributed by atoms with van der Waals surface area (Å²) in [5.41, 5.74) is 2.12. The number of hydrogen-bond donors (Lipinski definition) is 0. The van der Waals surface area contributed by atoms with Gasteiger partial charge in [0.25, 0.3) is 0 Å². The fraction of sp³-hybridized carbons (Fsp3) is 0.118. The summed E-state index contributed by atoms with van der Waals surface area (Å²) in [6, 6.07) is 10.0. The Bertz CT molecular complexity index is 806. The van der Waals surface area contributed by atoms with Crippen LogP contribution in [0.5, 0.6) is 11.6 Å². The Labute approximate surface area is 127 Å². The van der Waals surface area contributed by atoms with Gasteiger partial charge in [0.1, 0.15) is 11.6 Å². The summed E-state index contributed by atoms with van der Waals surface area (Å²) in [6.07, 6.45) is 3.39. The Morgan fingerprint density at radius 1 is 1.05 bits per heavy atom. The van der Waals surface area contributed by atoms with Gasteiger partial charge in [-0.25, -0.2) is 9.37 Å². The molecule has 5 heteroatoms. The smallest absolute Gasteiger partial charge is 0.223 e. The van der Waals surface area contributed by atoms with Crippen LogP contribution >= 0.6 is 0 Å². The molecule has 2 heterocycles. The third kappa shape index (κ3) is 3.09. The second-order valence-electron chi connectivity index (χ2n) is 4.93. The van der Waals surface area contributed by atoms with Crippen LogP contribution in [-0.4, -0.2) is 15.0 Å². The Balaban J connectivity index is 1.94. The normalized spacial score (nSPS) is 10.5. The van der Waals surface area contributed by atoms with E-state index in [0.29, 0.717) is 23.0 Å². The second-order valence-corrected chi connectivity index (χ2v) is 4.93. The van der Waals surface area contributed by atoms with Crippen molar-refractivity contribution in [3.8, 4) is 23.0 Å². The van der Waals surface area contributed by atoms with Crippen molar-refractivity contribution in [3.63, 3.8) is 0 Å². The highest BCUT2D eigenvalue weighted by molar-refractivity contribution is 5.54. The van der Waals surface area contributed by atoms with Gasteiger partial charge in [-0.1, -0.05) is 0 Å². The summed E-state index contributed by atoms with van der Waals surface area (Å²) in [6.45, 7) is 3.55. The van der Waals surface area contributed by atoms with E-state index in [1.54, 1.807) is 37.5 Å². The van der Waals surface area contributed by atoms with E-state index in [1.165, 1.54) is 6.07 Å². The summed E-state index contributed by atoms with van der Waals surface area (Å²) in [5, 5.41) is 0. The summed E-state index contributed by atoms with van der Waals surface area (Å²) in [4.78, 5) is 12.8. The Kier molecular flexibility index (Phi) is 3.78. The first-order valence-electron chi connectivity index (χ1n) is 6.82. The van der Waals surface area contributed by atoms with Crippen molar-refractivity contribution in [2.45, 2.75) is 13.8 Å². The number of ether oxygens (including phenoxy) is 1. The molecular weight excluding hydrogens is 281 g/mol. The summed E-state index contributed by atoms with van der Waals surface area (Å²) < 4.78 is 19.0. The molecule has 0 saturated heterocycles. The van der Waals surface area contributed by atoms with Crippen molar-refractivity contribution in [1.29, 1.82) is 0 Å². The molecule has 110 valence electrons. The molecule has 4 nitrogen and oxygen atoms in total. The van der Waals surface area contributed by atoms with Crippen LogP contribution in [0.3, 0.4) is 0 Å². The minimum absolute atomic E-state index is 0.262. The van der Waals surface area contributed by atoms with E-state index in [-0.39, 0.29) is 5.82 Å². The molecule has 0 fully saturated rings. The predicted molar refractivity (Wildman–Crippen MR) is 81.2 cm³/mol. The van der Waals surface area contributed by atoms with E-state index in [4.69, 9.17) is 4.74 Å². The van der Waals surface area contributed by atoms with Crippen LogP contribution in [0.15, 0.2) is 48.8 Å². The van der Waals surface area contributed by atoms with Crippen LogP contribution < -0.4 is 4.74 Å². The third-order valence-corrected chi connectivity index (χ3v) is 3.10. The number of pyridine rings is 1. The van der Waals surface area contributed by atoms with Gasteiger partial charge in [-0.15, -0.1) is 0 Å². The Morgan fingerprint density at radius 2 is 1.91 bits per heavy atom. The van der Waals surface area contributed by atoms with Crippen LogP contribution in [-0.2, 0) is 0 Å². The minimum atomic E-state index is -0.262. The maximum absolute atomic E-state index is 13.3. The summed E-state index contributed by atoms with van der Waals surface area (Å²) >= 11 is 0. The third-order valence-electron chi connectivity index (χ3n) is 3.10. The van der Waals surface area contributed by atoms with Crippen LogP contribution in [0.2, 0.25) is 0 Å². The van der Waals surface area contributed by atoms with Gasteiger partial charge in [-0.2, -0.15) is 4.98 Å². The lowest BCUT2D eigenvalue weighted by Crippen LogP contribution is -1.96. The molecule has 3 rings (SSSR count). The lowest BCUT2D eigenvalue weighted by atomic mass is 10.2. The van der Waals surface area contributed by atoms with Gasteiger partial charge < -0.3 is 4.74 Å². The molecule has 0 aliphatic heterocycles. The monoisotopic (exact) mass is 295 g/mol. The number of hydrogen-bond acceptors (Lipinski definition) is 4. The number of nitrogens with zero attached hydrogens (tertiary/aromatic N) is 3. The first kappa shape index (κ1) is 14.1. The average Bonchev–Trinajstić information content (AvgIpc) is 2.51. The first-order chi connectivity index (χ1) is 10.6. The molecule has 2 aromatic heterocycles. The van der Waals surface area contributed by atoms with Gasteiger partial charge in [0.15, 0.2) is 5.82 Å². The number of aryl methyl sites for hydroxylation is 2. The summed E-state index contributed by atoms with van der Waals surface area (Å²) in [5.74, 6) is 1.23. The molecule has 0 aliphatic rings. The highest BCUT2D eigenvalue weighted by atomic mass is 19.1. The van der Waals surface area contributed by atoms with E-state index >= 15 is 0 Å². The molecule has 3 aromatic rings. The second kappa shape index (κ2) is 5.89. The topological polar surface area (TPSA) is 47.9 Å². The minimum Gasteiger partial charge on any atom is -0.439 e. The quantitative estimate of drug-likeness (QED) is 0.730. The fourth-order valence-corrected chi connectivity index (χ4v) is 2.02. The standard InChI is InChI=1S/C17H14FN3O/c1-11-8-14(5-6-15(11)18)22-16-9-12(2)20-17(21-16)13-4-3-7-19-10-13/h3-10H,1-2H3. The predicted octanol–water partition coefficient (Wildman–Crippen LogP) is 4.09. The van der Waals surface area contributed by atoms with E-state index in [2.05, 4.69) is 15.0 Å². The molecule has 0 unspecified atom stereocenters. The van der Waals surface area contributed by atoms with Gasteiger partial charge >= 0.3 is 0 Å². The van der Waals surface area contributed by atoms with Crippen molar-refractivity contribution in [3.05, 3.63) is 65.9 Å². The first-order valence-corrected chi connectivity index (χ1v) is 6.82. The Hall–Kier alpha value is -2.82. The van der Waals surface area contributed by atoms with E-state index in [0.717, 1.165) is 11.3 Å². The molecule has 0 saturated carbocycles. The zero-order chi connectivity index (χ0) is 15.5. The van der Waals surface area contributed by atoms with E-state index in [1.807, 2.05) is 19.1 Å². The molecule has 0 aliphatic carbocycles. The number of halogens is 1. The zero-order valence-corrected chi connectivity index (χ0v) is 12.2. The van der Waals surface area contributed by atoms with Crippen molar-refractivity contribution in [1.82, 2.24) is 15.0 Å². The van der Waals surface area contributed by atoms with Crippen LogP contribution in [0.4, 0.5) is 4.39 Å². The van der Waals surface area contributed by atoms with Gasteiger partial charge in [-0.3, -0.25) is 4.98 Å². The highest BCUT2D eigenvalue weighted by Gasteiger charge is 2.08. The molecule has 0 spiro atoms. The van der Waals surface area contributed by atoms with Gasteiger partial charge in [0, 0.05) is 29.7 Å². The lowest BCUT2D eigenvalue weighted by molar-refractivity contribution is 0.459. The van der Waals surface area contributed by atoms with Crippen molar-refractivity contribution >= 4 is 0 Å². The SMILES string of the molecule is Cc1cc(Oc2ccc(F)c(C)c2)nc(-c2cccnc2)n1. The fourth-order valence-electron chi connectivity index (χ4n) is 2.02. The zero-order valence-electron chi connectivity index (χ0n) is 12.2. The van der Waals surface area contributed by atoms with E-state index < -0.39 is 0 Å². The van der Waals surface area contributed by atoms with Crippen LogP contribution in [0.25, 0.3) is 11.4 Å². The molecule has 1 aromatic carbocycles. The number of benzene rings is 1. The van der Waals surface area contributed by atoms with Crippen LogP contribution in [0.1, 0.15) is 11.3 Å². The van der Waals surface area contributed by atoms with E-state index in [9.17, 15) is 4.39 Å². The van der Waals surface area contributed by atoms with Gasteiger partial charge in [0.05, 0.1) is 0 Å². The van der Waals surface area contributed by atoms with Gasteiger partial charge in [0.2, 0.25) is 5.88 Å². The largest absolute Gasteiger partial charge is 0.439 e. The van der Waals surface area contributed by atoms with Gasteiger partial charge in [-0.05, 0) is 49.7 Å². The van der Waals surface area contributed by atoms with Crippen molar-refractivity contribution in [2.75, 3.05) is 0 Å². The lowest BCUT2D eigenvalue weighted by Gasteiger charge is -2.08. The highest BCUT2D eigenvalue weighted by Crippen LogP contribution is 2.24. The molecule has 0 amide bonds. The Morgan fingerprint density at radius 3 is 2.64 bits per heavy atom.